The van der Waals surface area contributed by atoms with Crippen molar-refractivity contribution in [3.05, 3.63) is 58.4 Å². The van der Waals surface area contributed by atoms with Crippen molar-refractivity contribution in [2.45, 2.75) is 25.3 Å². The summed E-state index contributed by atoms with van der Waals surface area (Å²) in [5, 5.41) is 0. The number of nitrogens with zero attached hydrogens (tertiary/aromatic N) is 2. The summed E-state index contributed by atoms with van der Waals surface area (Å²) in [5.74, 6) is 1.27. The molecule has 0 spiro atoms. The molecule has 3 nitrogen and oxygen atoms in total. The lowest BCUT2D eigenvalue weighted by molar-refractivity contribution is -0.115. The van der Waals surface area contributed by atoms with E-state index < -0.39 is 0 Å². The Morgan fingerprint density at radius 2 is 1.85 bits per heavy atom. The van der Waals surface area contributed by atoms with E-state index in [0.717, 1.165) is 27.5 Å². The Labute approximate surface area is 166 Å². The zero-order valence-electron chi connectivity index (χ0n) is 15.2. The lowest BCUT2D eigenvalue weighted by atomic mass is 10.2. The van der Waals surface area contributed by atoms with Gasteiger partial charge in [-0.05, 0) is 49.9 Å². The Hall–Kier alpha value is -1.50. The Morgan fingerprint density at radius 3 is 2.58 bits per heavy atom. The van der Waals surface area contributed by atoms with E-state index >= 15 is 0 Å². The summed E-state index contributed by atoms with van der Waals surface area (Å²) < 4.78 is 3.36. The first kappa shape index (κ1) is 19.3. The maximum atomic E-state index is 12.4. The third-order valence-corrected chi connectivity index (χ3v) is 6.59. The first-order valence-corrected chi connectivity index (χ1v) is 11.6. The van der Waals surface area contributed by atoms with Gasteiger partial charge in [-0.1, -0.05) is 35.1 Å². The lowest BCUT2D eigenvalue weighted by Crippen LogP contribution is -2.18. The van der Waals surface area contributed by atoms with Crippen LogP contribution in [0, 0.1) is 13.8 Å². The molecule has 0 aliphatic heterocycles. The molecule has 0 unspecified atom stereocenters. The lowest BCUT2D eigenvalue weighted by Gasteiger charge is -2.04. The first-order valence-electron chi connectivity index (χ1n) is 8.43. The van der Waals surface area contributed by atoms with Crippen molar-refractivity contribution in [2.24, 2.45) is 4.99 Å². The molecule has 0 saturated carbocycles. The van der Waals surface area contributed by atoms with Crippen LogP contribution < -0.4 is 4.80 Å². The summed E-state index contributed by atoms with van der Waals surface area (Å²) in [4.78, 5) is 18.7. The standard InChI is InChI=1S/C20H22N2OS3/c1-14-4-7-16(8-5-14)25-13-19(23)21-20-22(10-11-24-3)17-9-6-15(2)12-18(17)26-20/h4-9,12H,10-11,13H2,1-3H3. The number of hydrogen-bond donors (Lipinski definition) is 0. The van der Waals surface area contributed by atoms with Gasteiger partial charge in [0.15, 0.2) is 4.80 Å². The summed E-state index contributed by atoms with van der Waals surface area (Å²) in [5.41, 5.74) is 3.61. The largest absolute Gasteiger partial charge is 0.316 e. The predicted molar refractivity (Wildman–Crippen MR) is 115 cm³/mol. The summed E-state index contributed by atoms with van der Waals surface area (Å²) in [6.45, 7) is 5.01. The van der Waals surface area contributed by atoms with Gasteiger partial charge in [-0.3, -0.25) is 4.79 Å². The van der Waals surface area contributed by atoms with Crippen LogP contribution in [0.15, 0.2) is 52.4 Å². The van der Waals surface area contributed by atoms with Gasteiger partial charge in [0.25, 0.3) is 5.91 Å². The molecule has 0 aliphatic rings. The van der Waals surface area contributed by atoms with E-state index in [0.29, 0.717) is 5.75 Å². The van der Waals surface area contributed by atoms with E-state index in [1.54, 1.807) is 23.1 Å². The molecule has 1 amide bonds. The van der Waals surface area contributed by atoms with Crippen molar-refractivity contribution in [2.75, 3.05) is 17.8 Å². The molecule has 0 saturated heterocycles. The van der Waals surface area contributed by atoms with Gasteiger partial charge >= 0.3 is 0 Å². The summed E-state index contributed by atoms with van der Waals surface area (Å²) in [6.07, 6.45) is 2.10. The predicted octanol–water partition coefficient (Wildman–Crippen LogP) is 4.90. The molecule has 6 heteroatoms. The minimum atomic E-state index is -0.0863. The SMILES string of the molecule is CSCCn1c(=NC(=O)CSc2ccc(C)cc2)sc2cc(C)ccc21. The van der Waals surface area contributed by atoms with Crippen LogP contribution in [0.3, 0.4) is 0 Å². The Bertz CT molecular complexity index is 971. The molecular weight excluding hydrogens is 380 g/mol. The quantitative estimate of drug-likeness (QED) is 0.550. The number of benzene rings is 2. The molecule has 2 aromatic carbocycles. The Morgan fingerprint density at radius 1 is 1.12 bits per heavy atom. The normalized spacial score (nSPS) is 12.0. The minimum Gasteiger partial charge on any atom is -0.316 e. The fourth-order valence-electron chi connectivity index (χ4n) is 2.58. The molecule has 3 rings (SSSR count). The van der Waals surface area contributed by atoms with Crippen LogP contribution in [0.1, 0.15) is 11.1 Å². The molecule has 1 heterocycles. The monoisotopic (exact) mass is 402 g/mol. The smallest absolute Gasteiger partial charge is 0.258 e. The third kappa shape index (κ3) is 4.81. The zero-order chi connectivity index (χ0) is 18.5. The number of aromatic nitrogens is 1. The third-order valence-electron chi connectivity index (χ3n) is 3.96. The first-order chi connectivity index (χ1) is 12.6. The van der Waals surface area contributed by atoms with Gasteiger partial charge in [-0.15, -0.1) is 11.8 Å². The second-order valence-corrected chi connectivity index (χ2v) is 9.15. The van der Waals surface area contributed by atoms with Crippen LogP contribution in [0.25, 0.3) is 10.2 Å². The van der Waals surface area contributed by atoms with Crippen LogP contribution in [-0.2, 0) is 11.3 Å². The molecule has 0 radical (unpaired) electrons. The van der Waals surface area contributed by atoms with Gasteiger partial charge in [0.2, 0.25) is 0 Å². The number of amides is 1. The Balaban J connectivity index is 1.84. The molecule has 3 aromatic rings. The van der Waals surface area contributed by atoms with Crippen molar-refractivity contribution >= 4 is 51.0 Å². The van der Waals surface area contributed by atoms with Crippen molar-refractivity contribution in [1.82, 2.24) is 4.57 Å². The average molecular weight is 403 g/mol. The zero-order valence-corrected chi connectivity index (χ0v) is 17.6. The highest BCUT2D eigenvalue weighted by Crippen LogP contribution is 2.20. The van der Waals surface area contributed by atoms with E-state index in [2.05, 4.69) is 60.0 Å². The van der Waals surface area contributed by atoms with Crippen LogP contribution in [0.4, 0.5) is 0 Å². The number of fused-ring (bicyclic) bond motifs is 1. The maximum Gasteiger partial charge on any atom is 0.258 e. The van der Waals surface area contributed by atoms with Crippen LogP contribution >= 0.6 is 34.9 Å². The topological polar surface area (TPSA) is 34.4 Å². The van der Waals surface area contributed by atoms with Crippen LogP contribution in [0.2, 0.25) is 0 Å². The maximum absolute atomic E-state index is 12.4. The highest BCUT2D eigenvalue weighted by molar-refractivity contribution is 8.00. The van der Waals surface area contributed by atoms with E-state index in [4.69, 9.17) is 0 Å². The summed E-state index contributed by atoms with van der Waals surface area (Å²) in [6, 6.07) is 14.6. The van der Waals surface area contributed by atoms with E-state index in [1.807, 2.05) is 12.1 Å². The molecule has 0 aliphatic carbocycles. The van der Waals surface area contributed by atoms with E-state index in [-0.39, 0.29) is 5.91 Å². The van der Waals surface area contributed by atoms with Gasteiger partial charge in [-0.2, -0.15) is 16.8 Å². The summed E-state index contributed by atoms with van der Waals surface area (Å²) in [7, 11) is 0. The van der Waals surface area contributed by atoms with Gasteiger partial charge < -0.3 is 4.57 Å². The van der Waals surface area contributed by atoms with Gasteiger partial charge in [0, 0.05) is 17.2 Å². The summed E-state index contributed by atoms with van der Waals surface area (Å²) >= 11 is 4.94. The Kier molecular flexibility index (Phi) is 6.62. The van der Waals surface area contributed by atoms with Crippen molar-refractivity contribution < 1.29 is 4.79 Å². The minimum absolute atomic E-state index is 0.0863. The van der Waals surface area contributed by atoms with Gasteiger partial charge in [0.1, 0.15) is 0 Å². The van der Waals surface area contributed by atoms with Gasteiger partial charge in [-0.25, -0.2) is 0 Å². The average Bonchev–Trinajstić information content (AvgIpc) is 2.95. The van der Waals surface area contributed by atoms with E-state index in [9.17, 15) is 4.79 Å². The number of rotatable bonds is 6. The second kappa shape index (κ2) is 8.93. The fraction of sp³-hybridized carbons (Fsp3) is 0.300. The second-order valence-electron chi connectivity index (χ2n) is 6.11. The number of carbonyl (C=O) groups is 1. The number of aryl methyl sites for hydroxylation is 3. The van der Waals surface area contributed by atoms with Crippen LogP contribution in [-0.4, -0.2) is 28.2 Å². The molecule has 1 aromatic heterocycles. The highest BCUT2D eigenvalue weighted by Gasteiger charge is 2.08. The molecule has 0 N–H and O–H groups in total. The molecule has 26 heavy (non-hydrogen) atoms. The fourth-order valence-corrected chi connectivity index (χ4v) is 4.80. The molecule has 0 atom stereocenters. The van der Waals surface area contributed by atoms with Gasteiger partial charge in [0.05, 0.1) is 16.0 Å². The van der Waals surface area contributed by atoms with E-state index in [1.165, 1.54) is 27.6 Å². The highest BCUT2D eigenvalue weighted by atomic mass is 32.2. The van der Waals surface area contributed by atoms with Crippen molar-refractivity contribution in [3.8, 4) is 0 Å². The number of thiazole rings is 1. The number of hydrogen-bond acceptors (Lipinski definition) is 4. The van der Waals surface area contributed by atoms with Crippen LogP contribution in [0.5, 0.6) is 0 Å². The molecular formula is C20H22N2OS3. The molecule has 0 fully saturated rings. The molecule has 0 bridgehead atoms. The van der Waals surface area contributed by atoms with Crippen molar-refractivity contribution in [1.29, 1.82) is 0 Å². The number of thioether (sulfide) groups is 2. The van der Waals surface area contributed by atoms with Crippen molar-refractivity contribution in [3.63, 3.8) is 0 Å². The molecule has 136 valence electrons. The number of carbonyl (C=O) groups excluding carboxylic acids is 1.